The van der Waals surface area contributed by atoms with E-state index in [4.69, 9.17) is 0 Å². The summed E-state index contributed by atoms with van der Waals surface area (Å²) in [5, 5.41) is 2.74. The number of amides is 1. The standard InChI is InChI=1S/C18H17NO2/c1-14(20)19-13-16-9-7-15(8-10-16)11-12-18(21)17-5-3-2-4-6-17/h2-12H,13H2,1H3,(H,19,20). The summed E-state index contributed by atoms with van der Waals surface area (Å²) in [6.07, 6.45) is 3.36. The van der Waals surface area contributed by atoms with Crippen molar-refractivity contribution < 1.29 is 9.59 Å². The summed E-state index contributed by atoms with van der Waals surface area (Å²) < 4.78 is 0. The Morgan fingerprint density at radius 1 is 1.00 bits per heavy atom. The zero-order valence-electron chi connectivity index (χ0n) is 11.9. The highest BCUT2D eigenvalue weighted by Crippen LogP contribution is 2.08. The fourth-order valence-corrected chi connectivity index (χ4v) is 1.84. The van der Waals surface area contributed by atoms with Crippen LogP contribution >= 0.6 is 0 Å². The van der Waals surface area contributed by atoms with Crippen molar-refractivity contribution in [2.24, 2.45) is 0 Å². The van der Waals surface area contributed by atoms with Crippen molar-refractivity contribution in [3.63, 3.8) is 0 Å². The van der Waals surface area contributed by atoms with E-state index in [9.17, 15) is 9.59 Å². The summed E-state index contributed by atoms with van der Waals surface area (Å²) in [6.45, 7) is 2.01. The normalized spacial score (nSPS) is 10.5. The van der Waals surface area contributed by atoms with Crippen molar-refractivity contribution in [3.05, 3.63) is 77.4 Å². The summed E-state index contributed by atoms with van der Waals surface area (Å²) in [5.74, 6) is -0.0645. The minimum Gasteiger partial charge on any atom is -0.352 e. The number of hydrogen-bond donors (Lipinski definition) is 1. The first-order chi connectivity index (χ1) is 10.1. The van der Waals surface area contributed by atoms with Crippen molar-refractivity contribution in [2.45, 2.75) is 13.5 Å². The third-order valence-electron chi connectivity index (χ3n) is 3.01. The van der Waals surface area contributed by atoms with E-state index < -0.39 is 0 Å². The molecule has 0 heterocycles. The average Bonchev–Trinajstić information content (AvgIpc) is 2.52. The summed E-state index contributed by atoms with van der Waals surface area (Å²) in [4.78, 5) is 22.8. The first kappa shape index (κ1) is 14.7. The van der Waals surface area contributed by atoms with Gasteiger partial charge in [-0.15, -0.1) is 0 Å². The molecule has 0 radical (unpaired) electrons. The van der Waals surface area contributed by atoms with Crippen LogP contribution in [0.15, 0.2) is 60.7 Å². The number of nitrogens with one attached hydrogen (secondary N) is 1. The van der Waals surface area contributed by atoms with Crippen molar-refractivity contribution in [1.29, 1.82) is 0 Å². The van der Waals surface area contributed by atoms with Gasteiger partial charge in [-0.2, -0.15) is 0 Å². The fraction of sp³-hybridized carbons (Fsp3) is 0.111. The maximum atomic E-state index is 11.9. The van der Waals surface area contributed by atoms with Gasteiger partial charge in [0.05, 0.1) is 0 Å². The number of ketones is 1. The molecule has 0 bridgehead atoms. The van der Waals surface area contributed by atoms with Gasteiger partial charge in [0, 0.05) is 19.0 Å². The van der Waals surface area contributed by atoms with Gasteiger partial charge in [0.1, 0.15) is 0 Å². The third kappa shape index (κ3) is 4.73. The average molecular weight is 279 g/mol. The van der Waals surface area contributed by atoms with Gasteiger partial charge in [-0.25, -0.2) is 0 Å². The molecule has 0 aliphatic carbocycles. The van der Waals surface area contributed by atoms with E-state index in [0.29, 0.717) is 12.1 Å². The van der Waals surface area contributed by atoms with Crippen LogP contribution in [0.1, 0.15) is 28.4 Å². The van der Waals surface area contributed by atoms with E-state index >= 15 is 0 Å². The second-order valence-electron chi connectivity index (χ2n) is 4.71. The van der Waals surface area contributed by atoms with Gasteiger partial charge in [0.2, 0.25) is 5.91 Å². The van der Waals surface area contributed by atoms with E-state index in [1.807, 2.05) is 42.5 Å². The van der Waals surface area contributed by atoms with Crippen LogP contribution in [0.5, 0.6) is 0 Å². The first-order valence-corrected chi connectivity index (χ1v) is 6.76. The number of rotatable bonds is 5. The van der Waals surface area contributed by atoms with Crippen LogP contribution < -0.4 is 5.32 Å². The molecule has 0 atom stereocenters. The molecule has 2 rings (SSSR count). The molecule has 0 aliphatic rings. The monoisotopic (exact) mass is 279 g/mol. The Morgan fingerprint density at radius 2 is 1.67 bits per heavy atom. The molecular weight excluding hydrogens is 262 g/mol. The van der Waals surface area contributed by atoms with Crippen LogP contribution in [-0.4, -0.2) is 11.7 Å². The summed E-state index contributed by atoms with van der Waals surface area (Å²) in [6, 6.07) is 16.9. The largest absolute Gasteiger partial charge is 0.352 e. The summed E-state index contributed by atoms with van der Waals surface area (Å²) in [5.41, 5.74) is 2.65. The van der Waals surface area contributed by atoms with E-state index in [0.717, 1.165) is 11.1 Å². The van der Waals surface area contributed by atoms with Gasteiger partial charge in [0.25, 0.3) is 0 Å². The Bertz CT molecular complexity index is 643. The van der Waals surface area contributed by atoms with Crippen LogP contribution in [0.2, 0.25) is 0 Å². The first-order valence-electron chi connectivity index (χ1n) is 6.76. The molecule has 1 amide bonds. The molecule has 3 nitrogen and oxygen atoms in total. The minimum absolute atomic E-state index is 0.0158. The molecule has 2 aromatic carbocycles. The predicted molar refractivity (Wildman–Crippen MR) is 83.8 cm³/mol. The van der Waals surface area contributed by atoms with Gasteiger partial charge in [0.15, 0.2) is 5.78 Å². The van der Waals surface area contributed by atoms with Gasteiger partial charge in [-0.3, -0.25) is 9.59 Å². The van der Waals surface area contributed by atoms with Crippen LogP contribution in [0.4, 0.5) is 0 Å². The summed E-state index contributed by atoms with van der Waals surface area (Å²) >= 11 is 0. The Hall–Kier alpha value is -2.68. The molecule has 0 fully saturated rings. The molecule has 3 heteroatoms. The molecular formula is C18H17NO2. The molecule has 0 saturated heterocycles. The van der Waals surface area contributed by atoms with E-state index in [-0.39, 0.29) is 11.7 Å². The highest BCUT2D eigenvalue weighted by molar-refractivity contribution is 6.06. The lowest BCUT2D eigenvalue weighted by Gasteiger charge is -2.02. The van der Waals surface area contributed by atoms with Gasteiger partial charge < -0.3 is 5.32 Å². The molecule has 21 heavy (non-hydrogen) atoms. The number of carbonyl (C=O) groups is 2. The van der Waals surface area contributed by atoms with Crippen LogP contribution in [0.3, 0.4) is 0 Å². The second-order valence-corrected chi connectivity index (χ2v) is 4.71. The van der Waals surface area contributed by atoms with Crippen LogP contribution in [-0.2, 0) is 11.3 Å². The lowest BCUT2D eigenvalue weighted by molar-refractivity contribution is -0.119. The minimum atomic E-state index is -0.0487. The van der Waals surface area contributed by atoms with Crippen molar-refractivity contribution in [1.82, 2.24) is 5.32 Å². The zero-order valence-corrected chi connectivity index (χ0v) is 11.9. The third-order valence-corrected chi connectivity index (χ3v) is 3.01. The molecule has 0 aliphatic heterocycles. The van der Waals surface area contributed by atoms with Crippen LogP contribution in [0, 0.1) is 0 Å². The SMILES string of the molecule is CC(=O)NCc1ccc(C=CC(=O)c2ccccc2)cc1. The summed E-state index contributed by atoms with van der Waals surface area (Å²) in [7, 11) is 0. The van der Waals surface area contributed by atoms with Gasteiger partial charge in [-0.1, -0.05) is 60.7 Å². The predicted octanol–water partition coefficient (Wildman–Crippen LogP) is 3.22. The molecule has 2 aromatic rings. The van der Waals surface area contributed by atoms with E-state index in [2.05, 4.69) is 5.32 Å². The van der Waals surface area contributed by atoms with E-state index in [1.165, 1.54) is 6.92 Å². The zero-order chi connectivity index (χ0) is 15.1. The highest BCUT2D eigenvalue weighted by atomic mass is 16.1. The Balaban J connectivity index is 1.98. The van der Waals surface area contributed by atoms with Crippen molar-refractivity contribution in [3.8, 4) is 0 Å². The quantitative estimate of drug-likeness (QED) is 0.674. The lowest BCUT2D eigenvalue weighted by atomic mass is 10.1. The number of carbonyl (C=O) groups excluding carboxylic acids is 2. The number of benzene rings is 2. The van der Waals surface area contributed by atoms with Gasteiger partial charge in [-0.05, 0) is 17.2 Å². The molecule has 0 saturated carbocycles. The molecule has 0 spiro atoms. The molecule has 0 unspecified atom stereocenters. The maximum Gasteiger partial charge on any atom is 0.217 e. The van der Waals surface area contributed by atoms with E-state index in [1.54, 1.807) is 24.3 Å². The Kier molecular flexibility index (Phi) is 5.04. The molecule has 0 aromatic heterocycles. The Labute approximate surface area is 124 Å². The van der Waals surface area contributed by atoms with Gasteiger partial charge >= 0.3 is 0 Å². The molecule has 1 N–H and O–H groups in total. The topological polar surface area (TPSA) is 46.2 Å². The smallest absolute Gasteiger partial charge is 0.217 e. The van der Waals surface area contributed by atoms with Crippen LogP contribution in [0.25, 0.3) is 6.08 Å². The highest BCUT2D eigenvalue weighted by Gasteiger charge is 1.99. The fourth-order valence-electron chi connectivity index (χ4n) is 1.84. The van der Waals surface area contributed by atoms with Crippen molar-refractivity contribution in [2.75, 3.05) is 0 Å². The molecule has 106 valence electrons. The second kappa shape index (κ2) is 7.20. The maximum absolute atomic E-state index is 11.9. The Morgan fingerprint density at radius 3 is 2.29 bits per heavy atom. The number of allylic oxidation sites excluding steroid dienone is 1. The number of hydrogen-bond acceptors (Lipinski definition) is 2. The van der Waals surface area contributed by atoms with Crippen molar-refractivity contribution >= 4 is 17.8 Å². The lowest BCUT2D eigenvalue weighted by Crippen LogP contribution is -2.18.